The fourth-order valence-corrected chi connectivity index (χ4v) is 3.44. The largest absolute Gasteiger partial charge is 0.417 e. The number of carbonyl (C=O) groups is 1. The molecule has 2 fully saturated rings. The summed E-state index contributed by atoms with van der Waals surface area (Å²) in [6.45, 7) is 3.76. The van der Waals surface area contributed by atoms with E-state index in [1.165, 1.54) is 0 Å². The molecule has 7 heteroatoms. The number of fused-ring (bicyclic) bond motifs is 1. The molecule has 2 N–H and O–H groups in total. The first kappa shape index (κ1) is 15.1. The van der Waals surface area contributed by atoms with E-state index in [1.807, 2.05) is 4.90 Å². The molecule has 0 bridgehead atoms. The van der Waals surface area contributed by atoms with E-state index in [2.05, 4.69) is 10.3 Å². The number of aromatic amines is 1. The van der Waals surface area contributed by atoms with Gasteiger partial charge < -0.3 is 14.6 Å². The highest BCUT2D eigenvalue weighted by atomic mass is 35.5. The lowest BCUT2D eigenvalue weighted by molar-refractivity contribution is -0.0113. The van der Waals surface area contributed by atoms with Crippen molar-refractivity contribution in [3.05, 3.63) is 34.3 Å². The molecular formula is C15H18ClN3O3. The van der Waals surface area contributed by atoms with Crippen molar-refractivity contribution >= 4 is 29.4 Å². The van der Waals surface area contributed by atoms with E-state index in [1.54, 1.807) is 18.2 Å². The van der Waals surface area contributed by atoms with Crippen LogP contribution >= 0.6 is 12.4 Å². The monoisotopic (exact) mass is 323 g/mol. The van der Waals surface area contributed by atoms with E-state index in [9.17, 15) is 9.59 Å². The molecule has 3 heterocycles. The molecule has 118 valence electrons. The van der Waals surface area contributed by atoms with E-state index in [4.69, 9.17) is 4.42 Å². The highest BCUT2D eigenvalue weighted by Gasteiger charge is 2.45. The number of oxazole rings is 1. The summed E-state index contributed by atoms with van der Waals surface area (Å²) in [5.74, 6) is -0.475. The van der Waals surface area contributed by atoms with Crippen LogP contribution in [0.3, 0.4) is 0 Å². The van der Waals surface area contributed by atoms with Crippen LogP contribution < -0.4 is 11.1 Å². The van der Waals surface area contributed by atoms with Crippen LogP contribution in [0.2, 0.25) is 0 Å². The molecule has 1 spiro atoms. The molecule has 2 aliphatic heterocycles. The number of halogens is 1. The van der Waals surface area contributed by atoms with Crippen molar-refractivity contribution in [3.8, 4) is 0 Å². The van der Waals surface area contributed by atoms with Gasteiger partial charge in [0.1, 0.15) is 0 Å². The number of H-pyrrole nitrogens is 1. The van der Waals surface area contributed by atoms with Gasteiger partial charge in [0.25, 0.3) is 5.91 Å². The lowest BCUT2D eigenvalue weighted by Gasteiger charge is -2.52. The molecule has 1 aromatic carbocycles. The van der Waals surface area contributed by atoms with Gasteiger partial charge in [-0.3, -0.25) is 9.78 Å². The zero-order valence-corrected chi connectivity index (χ0v) is 12.9. The average Bonchev–Trinajstić information content (AvgIpc) is 2.83. The third-order valence-corrected chi connectivity index (χ3v) is 4.67. The molecule has 0 aliphatic carbocycles. The SMILES string of the molecule is Cl.O=C(c1ccc2[nH]c(=O)oc2c1)N1CC2(CCNCC2)C1. The minimum atomic E-state index is -0.493. The van der Waals surface area contributed by atoms with Crippen LogP contribution in [0, 0.1) is 5.41 Å². The Hall–Kier alpha value is -1.79. The normalized spacial score (nSPS) is 19.7. The number of benzene rings is 1. The Morgan fingerprint density at radius 3 is 2.68 bits per heavy atom. The smallest absolute Gasteiger partial charge is 0.408 e. The summed E-state index contributed by atoms with van der Waals surface area (Å²) in [7, 11) is 0. The lowest BCUT2D eigenvalue weighted by atomic mass is 9.72. The van der Waals surface area contributed by atoms with Gasteiger partial charge in [0.2, 0.25) is 0 Å². The molecule has 4 rings (SSSR count). The number of nitrogens with zero attached hydrogens (tertiary/aromatic N) is 1. The van der Waals surface area contributed by atoms with Crippen molar-refractivity contribution in [1.29, 1.82) is 0 Å². The number of amides is 1. The van der Waals surface area contributed by atoms with E-state index in [0.29, 0.717) is 22.1 Å². The van der Waals surface area contributed by atoms with Gasteiger partial charge in [-0.2, -0.15) is 0 Å². The van der Waals surface area contributed by atoms with Crippen molar-refractivity contribution in [2.75, 3.05) is 26.2 Å². The third kappa shape index (κ3) is 2.42. The fraction of sp³-hybridized carbons (Fsp3) is 0.467. The second-order valence-electron chi connectivity index (χ2n) is 6.14. The number of aromatic nitrogens is 1. The molecule has 0 atom stereocenters. The standard InChI is InChI=1S/C15H17N3O3.ClH/c19-13(18-8-15(9-18)3-5-16-6-4-15)10-1-2-11-12(7-10)21-14(20)17-11;/h1-2,7,16H,3-6,8-9H2,(H,17,20);1H. The van der Waals surface area contributed by atoms with E-state index >= 15 is 0 Å². The molecule has 2 saturated heterocycles. The van der Waals surface area contributed by atoms with Crippen molar-refractivity contribution in [1.82, 2.24) is 15.2 Å². The Morgan fingerprint density at radius 1 is 1.23 bits per heavy atom. The number of carbonyl (C=O) groups excluding carboxylic acids is 1. The van der Waals surface area contributed by atoms with Crippen LogP contribution in [0.4, 0.5) is 0 Å². The fourth-order valence-electron chi connectivity index (χ4n) is 3.44. The van der Waals surface area contributed by atoms with Gasteiger partial charge in [-0.25, -0.2) is 4.79 Å². The summed E-state index contributed by atoms with van der Waals surface area (Å²) in [5, 5.41) is 3.36. The van der Waals surface area contributed by atoms with Gasteiger partial charge in [-0.1, -0.05) is 0 Å². The van der Waals surface area contributed by atoms with E-state index in [-0.39, 0.29) is 18.3 Å². The van der Waals surface area contributed by atoms with Gasteiger partial charge in [0.05, 0.1) is 5.52 Å². The van der Waals surface area contributed by atoms with Crippen molar-refractivity contribution in [2.45, 2.75) is 12.8 Å². The maximum Gasteiger partial charge on any atom is 0.417 e. The van der Waals surface area contributed by atoms with Gasteiger partial charge in [0, 0.05) is 24.1 Å². The summed E-state index contributed by atoms with van der Waals surface area (Å²) in [6.07, 6.45) is 2.28. The van der Waals surface area contributed by atoms with Gasteiger partial charge >= 0.3 is 5.76 Å². The summed E-state index contributed by atoms with van der Waals surface area (Å²) >= 11 is 0. The van der Waals surface area contributed by atoms with Crippen LogP contribution in [-0.2, 0) is 0 Å². The second kappa shape index (κ2) is 5.44. The van der Waals surface area contributed by atoms with Crippen LogP contribution in [0.1, 0.15) is 23.2 Å². The van der Waals surface area contributed by atoms with Crippen LogP contribution in [-0.4, -0.2) is 42.0 Å². The Bertz CT molecular complexity index is 753. The number of piperidine rings is 1. The van der Waals surface area contributed by atoms with Crippen LogP contribution in [0.15, 0.2) is 27.4 Å². The minimum absolute atomic E-state index is 0. The topological polar surface area (TPSA) is 78.3 Å². The molecule has 1 aromatic heterocycles. The highest BCUT2D eigenvalue weighted by molar-refractivity contribution is 5.97. The van der Waals surface area contributed by atoms with Gasteiger partial charge in [-0.15, -0.1) is 12.4 Å². The molecule has 2 aliphatic rings. The number of hydrogen-bond donors (Lipinski definition) is 2. The molecule has 1 amide bonds. The maximum absolute atomic E-state index is 12.5. The Kier molecular flexibility index (Phi) is 3.74. The van der Waals surface area contributed by atoms with Crippen molar-refractivity contribution in [3.63, 3.8) is 0 Å². The van der Waals surface area contributed by atoms with Gasteiger partial charge in [-0.05, 0) is 44.1 Å². The van der Waals surface area contributed by atoms with E-state index < -0.39 is 5.76 Å². The van der Waals surface area contributed by atoms with Crippen LogP contribution in [0.25, 0.3) is 11.1 Å². The molecule has 0 saturated carbocycles. The zero-order chi connectivity index (χ0) is 14.4. The zero-order valence-electron chi connectivity index (χ0n) is 12.1. The summed E-state index contributed by atoms with van der Waals surface area (Å²) in [5.41, 5.74) is 1.96. The Balaban J connectivity index is 0.00000144. The number of likely N-dealkylation sites (tertiary alicyclic amines) is 1. The predicted molar refractivity (Wildman–Crippen MR) is 84.5 cm³/mol. The first-order valence-corrected chi connectivity index (χ1v) is 7.28. The summed E-state index contributed by atoms with van der Waals surface area (Å²) in [4.78, 5) is 28.1. The molecule has 0 radical (unpaired) electrons. The number of hydrogen-bond acceptors (Lipinski definition) is 4. The Morgan fingerprint density at radius 2 is 1.95 bits per heavy atom. The first-order chi connectivity index (χ1) is 10.2. The summed E-state index contributed by atoms with van der Waals surface area (Å²) < 4.78 is 5.01. The highest BCUT2D eigenvalue weighted by Crippen LogP contribution is 2.39. The van der Waals surface area contributed by atoms with Gasteiger partial charge in [0.15, 0.2) is 5.58 Å². The van der Waals surface area contributed by atoms with Crippen LogP contribution in [0.5, 0.6) is 0 Å². The molecule has 0 unspecified atom stereocenters. The minimum Gasteiger partial charge on any atom is -0.408 e. The van der Waals surface area contributed by atoms with E-state index in [0.717, 1.165) is 39.0 Å². The van der Waals surface area contributed by atoms with Crippen molar-refractivity contribution < 1.29 is 9.21 Å². The van der Waals surface area contributed by atoms with Crippen molar-refractivity contribution in [2.24, 2.45) is 5.41 Å². The molecule has 2 aromatic rings. The number of nitrogens with one attached hydrogen (secondary N) is 2. The average molecular weight is 324 g/mol. The predicted octanol–water partition coefficient (Wildman–Crippen LogP) is 1.37. The Labute approximate surface area is 133 Å². The third-order valence-electron chi connectivity index (χ3n) is 4.67. The molecule has 6 nitrogen and oxygen atoms in total. The first-order valence-electron chi connectivity index (χ1n) is 7.28. The number of rotatable bonds is 1. The molecular weight excluding hydrogens is 306 g/mol. The maximum atomic E-state index is 12.5. The summed E-state index contributed by atoms with van der Waals surface area (Å²) in [6, 6.07) is 5.10. The lowest BCUT2D eigenvalue weighted by Crippen LogP contribution is -2.61. The second-order valence-corrected chi connectivity index (χ2v) is 6.14. The molecule has 22 heavy (non-hydrogen) atoms. The quantitative estimate of drug-likeness (QED) is 0.831.